The fourth-order valence-corrected chi connectivity index (χ4v) is 10.7. The van der Waals surface area contributed by atoms with Crippen LogP contribution in [0.25, 0.3) is 6.08 Å². The van der Waals surface area contributed by atoms with E-state index in [0.717, 1.165) is 11.3 Å². The Labute approximate surface area is 227 Å². The van der Waals surface area contributed by atoms with Crippen molar-refractivity contribution < 1.29 is 19.9 Å². The summed E-state index contributed by atoms with van der Waals surface area (Å²) in [5.74, 6) is 0.843. The summed E-state index contributed by atoms with van der Waals surface area (Å²) in [4.78, 5) is 0. The Bertz CT molecular complexity index is 610. The second-order valence-corrected chi connectivity index (χ2v) is 16.0. The van der Waals surface area contributed by atoms with Gasteiger partial charge in [0.15, 0.2) is 0 Å². The molecule has 3 saturated carbocycles. The van der Waals surface area contributed by atoms with Crippen LogP contribution in [0.15, 0.2) is 24.3 Å². The standard InChI is InChI=1S/C18H33P.C11H13O.2ClH.Ru/c1-4-10-16(11-5-1)19(17-12-6-2-7-13-17)18-14-8-3-9-15-18;1-4-10-7-5-6-8-11(10)12-9(2)3;;;/h16-18H,1-15H2;1,4-9H,2-3H3;2*1H;/q;-1;;;+2/p-2. The molecule has 0 aromatic heterocycles. The third kappa shape index (κ3) is 11.2. The Hall–Kier alpha value is 0.393. The van der Waals surface area contributed by atoms with Crippen LogP contribution < -0.4 is 4.74 Å². The molecule has 0 radical (unpaired) electrons. The van der Waals surface area contributed by atoms with Crippen LogP contribution in [-0.4, -0.2) is 23.1 Å². The van der Waals surface area contributed by atoms with Gasteiger partial charge in [-0.05, 0) is 75.4 Å². The molecule has 1 aromatic rings. The first-order valence-electron chi connectivity index (χ1n) is 13.5. The molecule has 1 aromatic carbocycles. The average molecular weight is 614 g/mol. The van der Waals surface area contributed by atoms with E-state index in [2.05, 4.69) is 0 Å². The molecule has 0 bridgehead atoms. The molecule has 34 heavy (non-hydrogen) atoms. The van der Waals surface area contributed by atoms with Gasteiger partial charge in [-0.25, -0.2) is 6.08 Å². The van der Waals surface area contributed by atoms with E-state index >= 15 is 0 Å². The summed E-state index contributed by atoms with van der Waals surface area (Å²) in [5.41, 5.74) is 4.51. The summed E-state index contributed by atoms with van der Waals surface area (Å²) in [7, 11) is 10.1. The monoisotopic (exact) mass is 613 g/mol. The van der Waals surface area contributed by atoms with E-state index in [0.29, 0.717) is 7.92 Å². The van der Waals surface area contributed by atoms with Gasteiger partial charge >= 0.3 is 34.5 Å². The molecule has 0 N–H and O–H groups in total. The van der Waals surface area contributed by atoms with Crippen molar-refractivity contribution in [2.75, 3.05) is 0 Å². The first-order valence-corrected chi connectivity index (χ1v) is 19.6. The van der Waals surface area contributed by atoms with Crippen LogP contribution in [0.2, 0.25) is 0 Å². The number of halogens is 2. The second-order valence-electron chi connectivity index (χ2n) is 10.2. The van der Waals surface area contributed by atoms with Crippen LogP contribution in [0, 0.1) is 6.58 Å². The molecule has 3 fully saturated rings. The molecule has 0 saturated heterocycles. The fraction of sp³-hybridized carbons (Fsp3) is 0.724. The molecule has 0 unspecified atom stereocenters. The van der Waals surface area contributed by atoms with Gasteiger partial charge in [0.2, 0.25) is 0 Å². The molecule has 1 nitrogen and oxygen atoms in total. The Morgan fingerprint density at radius 3 is 1.53 bits per heavy atom. The van der Waals surface area contributed by atoms with E-state index in [9.17, 15) is 0 Å². The fourth-order valence-electron chi connectivity index (χ4n) is 6.01. The molecule has 0 amide bonds. The number of hydrogen-bond acceptors (Lipinski definition) is 1. The van der Waals surface area contributed by atoms with Crippen molar-refractivity contribution >= 4 is 33.4 Å². The van der Waals surface area contributed by atoms with E-state index < -0.39 is 0 Å². The first kappa shape index (κ1) is 30.6. The van der Waals surface area contributed by atoms with Gasteiger partial charge in [-0.3, -0.25) is 6.58 Å². The van der Waals surface area contributed by atoms with Gasteiger partial charge in [0.1, 0.15) is 0 Å². The quantitative estimate of drug-likeness (QED) is 0.176. The van der Waals surface area contributed by atoms with E-state index in [1.54, 1.807) is 83.1 Å². The number of benzene rings is 1. The van der Waals surface area contributed by atoms with Crippen molar-refractivity contribution in [3.8, 4) is 5.75 Å². The topological polar surface area (TPSA) is 9.23 Å². The molecule has 0 aliphatic heterocycles. The summed E-state index contributed by atoms with van der Waals surface area (Å²) in [6.07, 6.45) is 25.4. The Morgan fingerprint density at radius 1 is 0.794 bits per heavy atom. The Kier molecular flexibility index (Phi) is 16.8. The van der Waals surface area contributed by atoms with E-state index in [-0.39, 0.29) is 21.2 Å². The zero-order valence-corrected chi connectivity index (χ0v) is 25.5. The number of para-hydroxylation sites is 1. The first-order chi connectivity index (χ1) is 16.6. The van der Waals surface area contributed by atoms with Crippen LogP contribution in [0.5, 0.6) is 5.75 Å². The van der Waals surface area contributed by atoms with E-state index in [1.165, 1.54) is 36.2 Å². The number of hydrogen-bond donors (Lipinski definition) is 0. The maximum absolute atomic E-state index is 5.52. The van der Waals surface area contributed by atoms with Gasteiger partial charge in [0.25, 0.3) is 0 Å². The maximum atomic E-state index is 5.52. The zero-order valence-electron chi connectivity index (χ0n) is 21.3. The van der Waals surface area contributed by atoms with Crippen molar-refractivity contribution in [3.63, 3.8) is 0 Å². The number of rotatable bonds is 6. The van der Waals surface area contributed by atoms with Crippen LogP contribution in [-0.2, 0) is 15.1 Å². The van der Waals surface area contributed by atoms with E-state index in [4.69, 9.17) is 30.7 Å². The van der Waals surface area contributed by atoms with Gasteiger partial charge in [-0.15, -0.1) is 11.6 Å². The molecular weight excluding hydrogens is 567 g/mol. The van der Waals surface area contributed by atoms with E-state index in [1.807, 2.05) is 38.1 Å². The van der Waals surface area contributed by atoms with Gasteiger partial charge in [-0.2, -0.15) is 0 Å². The van der Waals surface area contributed by atoms with Crippen molar-refractivity contribution in [2.45, 2.75) is 133 Å². The molecule has 196 valence electrons. The SMILES string of the molecule is C1CCC(P(C2CCCCC2)C2CCCCC2)CC1.[CH-]=Cc1ccccc1OC(C)C.[Cl][Ru][Cl]. The summed E-state index contributed by atoms with van der Waals surface area (Å²) in [6.45, 7) is 9.41. The minimum absolute atomic E-state index is 0.186. The zero-order chi connectivity index (χ0) is 24.6. The Morgan fingerprint density at radius 2 is 1.18 bits per heavy atom. The molecule has 4 rings (SSSR count). The van der Waals surface area contributed by atoms with Gasteiger partial charge in [-0.1, -0.05) is 77.8 Å². The third-order valence-corrected chi connectivity index (χ3v) is 11.5. The average Bonchev–Trinajstić information content (AvgIpc) is 2.87. The summed E-state index contributed by atoms with van der Waals surface area (Å²) in [6, 6.07) is 7.72. The molecule has 0 spiro atoms. The van der Waals surface area contributed by atoms with Crippen molar-refractivity contribution in [3.05, 3.63) is 36.4 Å². The van der Waals surface area contributed by atoms with Crippen LogP contribution in [0.3, 0.4) is 0 Å². The van der Waals surface area contributed by atoms with Crippen molar-refractivity contribution in [2.24, 2.45) is 0 Å². The number of ether oxygens (including phenoxy) is 1. The third-order valence-electron chi connectivity index (χ3n) is 7.45. The predicted molar refractivity (Wildman–Crippen MR) is 150 cm³/mol. The predicted octanol–water partition coefficient (Wildman–Crippen LogP) is 10.8. The van der Waals surface area contributed by atoms with Crippen LogP contribution in [0.1, 0.15) is 116 Å². The molecule has 3 aliphatic rings. The molecule has 5 heteroatoms. The minimum atomic E-state index is -0.346. The molecular formula is C29H46Cl2OPRu-. The van der Waals surface area contributed by atoms with Gasteiger partial charge < -0.3 is 4.74 Å². The molecule has 0 atom stereocenters. The van der Waals surface area contributed by atoms with Crippen LogP contribution in [0.4, 0.5) is 0 Å². The summed E-state index contributed by atoms with van der Waals surface area (Å²) in [5, 5.41) is 0. The summed E-state index contributed by atoms with van der Waals surface area (Å²) >= 11 is -0.346. The van der Waals surface area contributed by atoms with Gasteiger partial charge in [0, 0.05) is 5.75 Å². The second kappa shape index (κ2) is 18.6. The summed E-state index contributed by atoms with van der Waals surface area (Å²) < 4.78 is 5.52. The normalized spacial score (nSPS) is 20.3. The van der Waals surface area contributed by atoms with Crippen LogP contribution >= 0.6 is 27.3 Å². The van der Waals surface area contributed by atoms with Crippen molar-refractivity contribution in [1.29, 1.82) is 0 Å². The molecule has 0 heterocycles. The Balaban J connectivity index is 0.000000234. The van der Waals surface area contributed by atoms with Crippen molar-refractivity contribution in [1.82, 2.24) is 0 Å². The van der Waals surface area contributed by atoms with Gasteiger partial charge in [0.05, 0.1) is 6.10 Å². The molecule has 3 aliphatic carbocycles.